The third-order valence-electron chi connectivity index (χ3n) is 4.00. The third kappa shape index (κ3) is 2.77. The zero-order valence-electron chi connectivity index (χ0n) is 11.1. The van der Waals surface area contributed by atoms with E-state index in [0.717, 1.165) is 12.1 Å². The minimum absolute atomic E-state index is 0.0723. The zero-order chi connectivity index (χ0) is 14.0. The van der Waals surface area contributed by atoms with Crippen molar-refractivity contribution in [3.05, 3.63) is 35.6 Å². The van der Waals surface area contributed by atoms with E-state index in [1.165, 1.54) is 12.1 Å². The van der Waals surface area contributed by atoms with Gasteiger partial charge < -0.3 is 11.5 Å². The molecule has 5 heteroatoms. The van der Waals surface area contributed by atoms with Gasteiger partial charge in [0.05, 0.1) is 5.41 Å². The molecule has 4 N–H and O–H groups in total. The number of carbonyl (C=O) groups excluding carboxylic acids is 1. The molecule has 2 rings (SSSR count). The number of likely N-dealkylation sites (tertiary alicyclic amines) is 1. The summed E-state index contributed by atoms with van der Waals surface area (Å²) in [5.74, 6) is -0.558. The first-order valence-electron chi connectivity index (χ1n) is 6.46. The molecular formula is C14H20FN3O. The maximum Gasteiger partial charge on any atom is 0.224 e. The highest BCUT2D eigenvalue weighted by molar-refractivity contribution is 5.81. The topological polar surface area (TPSA) is 72.4 Å². The first-order valence-corrected chi connectivity index (χ1v) is 6.46. The van der Waals surface area contributed by atoms with E-state index < -0.39 is 5.41 Å². The first kappa shape index (κ1) is 14.0. The van der Waals surface area contributed by atoms with Gasteiger partial charge in [-0.2, -0.15) is 0 Å². The molecule has 2 unspecified atom stereocenters. The van der Waals surface area contributed by atoms with Crippen LogP contribution in [0.1, 0.15) is 24.9 Å². The van der Waals surface area contributed by atoms with Crippen molar-refractivity contribution in [2.24, 2.45) is 16.9 Å². The normalized spacial score (nSPS) is 25.4. The van der Waals surface area contributed by atoms with Gasteiger partial charge in [0.2, 0.25) is 5.91 Å². The van der Waals surface area contributed by atoms with E-state index in [1.807, 2.05) is 13.0 Å². The molecule has 1 heterocycles. The highest BCUT2D eigenvalue weighted by atomic mass is 19.1. The van der Waals surface area contributed by atoms with Crippen LogP contribution in [0.3, 0.4) is 0 Å². The van der Waals surface area contributed by atoms with E-state index in [2.05, 4.69) is 4.90 Å². The molecule has 1 aliphatic rings. The molecule has 0 saturated carbocycles. The Labute approximate surface area is 112 Å². The molecule has 0 aliphatic carbocycles. The van der Waals surface area contributed by atoms with E-state index in [0.29, 0.717) is 19.5 Å². The summed E-state index contributed by atoms with van der Waals surface area (Å²) in [6.07, 6.45) is 0.716. The number of hydrogen-bond acceptors (Lipinski definition) is 3. The number of hydrogen-bond donors (Lipinski definition) is 2. The summed E-state index contributed by atoms with van der Waals surface area (Å²) in [6, 6.07) is 6.38. The molecule has 1 fully saturated rings. The Hall–Kier alpha value is -1.46. The third-order valence-corrected chi connectivity index (χ3v) is 4.00. The Morgan fingerprint density at radius 3 is 2.84 bits per heavy atom. The average Bonchev–Trinajstić information content (AvgIpc) is 2.74. The molecular weight excluding hydrogens is 245 g/mol. The highest BCUT2D eigenvalue weighted by Crippen LogP contribution is 2.34. The van der Waals surface area contributed by atoms with E-state index >= 15 is 0 Å². The molecule has 1 amide bonds. The molecule has 0 spiro atoms. The standard InChI is InChI=1S/C14H20FN3O/c1-14(13(17)19)5-6-18(9-14)12(8-16)10-3-2-4-11(15)7-10/h2-4,7,12H,5-6,8-9,16H2,1H3,(H2,17,19). The molecule has 1 aromatic rings. The van der Waals surface area contributed by atoms with Crippen LogP contribution in [0.25, 0.3) is 0 Å². The van der Waals surface area contributed by atoms with Gasteiger partial charge >= 0.3 is 0 Å². The van der Waals surface area contributed by atoms with Crippen molar-refractivity contribution < 1.29 is 9.18 Å². The second-order valence-corrected chi connectivity index (χ2v) is 5.45. The summed E-state index contributed by atoms with van der Waals surface area (Å²) in [5, 5.41) is 0. The molecule has 0 aromatic heterocycles. The number of nitrogens with zero attached hydrogens (tertiary/aromatic N) is 1. The summed E-state index contributed by atoms with van der Waals surface area (Å²) < 4.78 is 13.3. The fourth-order valence-electron chi connectivity index (χ4n) is 2.67. The fourth-order valence-corrected chi connectivity index (χ4v) is 2.67. The molecule has 1 saturated heterocycles. The van der Waals surface area contributed by atoms with Gasteiger partial charge in [0, 0.05) is 19.1 Å². The SMILES string of the molecule is CC1(C(N)=O)CCN(C(CN)c2cccc(F)c2)C1. The van der Waals surface area contributed by atoms with Crippen molar-refractivity contribution in [2.45, 2.75) is 19.4 Å². The van der Waals surface area contributed by atoms with E-state index in [1.54, 1.807) is 6.07 Å². The lowest BCUT2D eigenvalue weighted by Crippen LogP contribution is -2.39. The first-order chi connectivity index (χ1) is 8.96. The molecule has 0 bridgehead atoms. The van der Waals surface area contributed by atoms with Crippen molar-refractivity contribution in [2.75, 3.05) is 19.6 Å². The Balaban J connectivity index is 2.18. The second-order valence-electron chi connectivity index (χ2n) is 5.45. The van der Waals surface area contributed by atoms with Gasteiger partial charge in [0.25, 0.3) is 0 Å². The fraction of sp³-hybridized carbons (Fsp3) is 0.500. The number of benzene rings is 1. The maximum absolute atomic E-state index is 13.3. The summed E-state index contributed by atoms with van der Waals surface area (Å²) in [4.78, 5) is 13.6. The molecule has 1 aliphatic heterocycles. The van der Waals surface area contributed by atoms with Crippen molar-refractivity contribution in [1.82, 2.24) is 4.90 Å². The van der Waals surface area contributed by atoms with Crippen molar-refractivity contribution >= 4 is 5.91 Å². The molecule has 4 nitrogen and oxygen atoms in total. The number of carbonyl (C=O) groups is 1. The Morgan fingerprint density at radius 1 is 1.58 bits per heavy atom. The second kappa shape index (κ2) is 5.27. The van der Waals surface area contributed by atoms with E-state index in [-0.39, 0.29) is 17.8 Å². The van der Waals surface area contributed by atoms with Crippen LogP contribution in [-0.4, -0.2) is 30.4 Å². The van der Waals surface area contributed by atoms with Crippen LogP contribution in [0.15, 0.2) is 24.3 Å². The van der Waals surface area contributed by atoms with Gasteiger partial charge in [-0.3, -0.25) is 9.69 Å². The number of amides is 1. The minimum atomic E-state index is -0.513. The van der Waals surface area contributed by atoms with Gasteiger partial charge in [-0.05, 0) is 37.6 Å². The van der Waals surface area contributed by atoms with Gasteiger partial charge in [0.1, 0.15) is 5.82 Å². The van der Waals surface area contributed by atoms with Gasteiger partial charge in [0.15, 0.2) is 0 Å². The lowest BCUT2D eigenvalue weighted by molar-refractivity contribution is -0.126. The van der Waals surface area contributed by atoms with Crippen LogP contribution in [0.4, 0.5) is 4.39 Å². The Morgan fingerprint density at radius 2 is 2.32 bits per heavy atom. The quantitative estimate of drug-likeness (QED) is 0.854. The highest BCUT2D eigenvalue weighted by Gasteiger charge is 2.41. The largest absolute Gasteiger partial charge is 0.369 e. The molecule has 1 aromatic carbocycles. The summed E-state index contributed by atoms with van der Waals surface area (Å²) in [6.45, 7) is 3.57. The summed E-state index contributed by atoms with van der Waals surface area (Å²) in [5.41, 5.74) is 11.6. The summed E-state index contributed by atoms with van der Waals surface area (Å²) in [7, 11) is 0. The van der Waals surface area contributed by atoms with Gasteiger partial charge in [-0.1, -0.05) is 12.1 Å². The van der Waals surface area contributed by atoms with Gasteiger partial charge in [-0.15, -0.1) is 0 Å². The molecule has 104 valence electrons. The average molecular weight is 265 g/mol. The molecule has 19 heavy (non-hydrogen) atoms. The van der Waals surface area contributed by atoms with Crippen molar-refractivity contribution in [3.63, 3.8) is 0 Å². The van der Waals surface area contributed by atoms with Crippen LogP contribution in [-0.2, 0) is 4.79 Å². The minimum Gasteiger partial charge on any atom is -0.369 e. The van der Waals surface area contributed by atoms with Crippen LogP contribution >= 0.6 is 0 Å². The summed E-state index contributed by atoms with van der Waals surface area (Å²) >= 11 is 0. The molecule has 0 radical (unpaired) electrons. The number of halogens is 1. The van der Waals surface area contributed by atoms with Gasteiger partial charge in [-0.25, -0.2) is 4.39 Å². The lowest BCUT2D eigenvalue weighted by atomic mass is 9.89. The monoisotopic (exact) mass is 265 g/mol. The predicted molar refractivity (Wildman–Crippen MR) is 71.7 cm³/mol. The lowest BCUT2D eigenvalue weighted by Gasteiger charge is -2.28. The smallest absolute Gasteiger partial charge is 0.224 e. The van der Waals surface area contributed by atoms with Crippen LogP contribution in [0.5, 0.6) is 0 Å². The number of rotatable bonds is 4. The number of primary amides is 1. The van der Waals surface area contributed by atoms with Crippen LogP contribution in [0, 0.1) is 11.2 Å². The Kier molecular flexibility index (Phi) is 3.87. The predicted octanol–water partition coefficient (Wildman–Crippen LogP) is 1.02. The number of nitrogens with two attached hydrogens (primary N) is 2. The van der Waals surface area contributed by atoms with Crippen LogP contribution in [0.2, 0.25) is 0 Å². The van der Waals surface area contributed by atoms with E-state index in [9.17, 15) is 9.18 Å². The van der Waals surface area contributed by atoms with E-state index in [4.69, 9.17) is 11.5 Å². The van der Waals surface area contributed by atoms with Crippen molar-refractivity contribution in [3.8, 4) is 0 Å². The maximum atomic E-state index is 13.3. The van der Waals surface area contributed by atoms with Crippen molar-refractivity contribution in [1.29, 1.82) is 0 Å². The van der Waals surface area contributed by atoms with Crippen LogP contribution < -0.4 is 11.5 Å². The molecule has 2 atom stereocenters. The Bertz CT molecular complexity index is 480. The zero-order valence-corrected chi connectivity index (χ0v) is 11.1.